The van der Waals surface area contributed by atoms with Crippen molar-refractivity contribution in [3.63, 3.8) is 0 Å². The van der Waals surface area contributed by atoms with Crippen LogP contribution in [-0.2, 0) is 9.63 Å². The Morgan fingerprint density at radius 2 is 1.54 bits per heavy atom. The van der Waals surface area contributed by atoms with Gasteiger partial charge in [-0.3, -0.25) is 0 Å². The number of rotatable bonds is 5. The lowest BCUT2D eigenvalue weighted by atomic mass is 10.0. The molecule has 0 fully saturated rings. The third kappa shape index (κ3) is 3.45. The normalized spacial score (nSPS) is 11.5. The third-order valence-corrected chi connectivity index (χ3v) is 4.58. The highest BCUT2D eigenvalue weighted by Gasteiger charge is 2.17. The fraction of sp³-hybridized carbons (Fsp3) is 0.0833. The van der Waals surface area contributed by atoms with E-state index in [-0.39, 0.29) is 12.4 Å². The predicted molar refractivity (Wildman–Crippen MR) is 112 cm³/mol. The minimum absolute atomic E-state index is 0.275. The lowest BCUT2D eigenvalue weighted by Gasteiger charge is -2.05. The highest BCUT2D eigenvalue weighted by Crippen LogP contribution is 2.27. The Morgan fingerprint density at radius 1 is 0.893 bits per heavy atom. The van der Waals surface area contributed by atoms with Crippen LogP contribution in [0.3, 0.4) is 0 Å². The summed E-state index contributed by atoms with van der Waals surface area (Å²) in [6.45, 7) is 1.75. The minimum Gasteiger partial charge on any atom is -0.318 e. The standard InChI is InChI=1S/C24H20N2O2/c1-2-23(27)28-25-24(18-11-5-3-6-12-18)21-17-26(19-13-7-4-8-14-19)22-16-10-9-15-20(21)22/h3-17H,2H2,1H3/b25-24+. The molecule has 4 nitrogen and oxygen atoms in total. The van der Waals surface area contributed by atoms with E-state index in [1.54, 1.807) is 6.92 Å². The molecule has 0 aliphatic carbocycles. The number of nitrogens with zero attached hydrogens (tertiary/aromatic N) is 2. The number of benzene rings is 3. The summed E-state index contributed by atoms with van der Waals surface area (Å²) in [6, 6.07) is 28.1. The van der Waals surface area contributed by atoms with Gasteiger partial charge in [0.1, 0.15) is 5.71 Å². The van der Waals surface area contributed by atoms with Gasteiger partial charge in [0.05, 0.1) is 5.52 Å². The molecule has 4 rings (SSSR count). The van der Waals surface area contributed by atoms with Crippen LogP contribution in [0.4, 0.5) is 0 Å². The topological polar surface area (TPSA) is 43.6 Å². The lowest BCUT2D eigenvalue weighted by Crippen LogP contribution is -2.06. The van der Waals surface area contributed by atoms with Crippen molar-refractivity contribution in [1.82, 2.24) is 4.57 Å². The first-order valence-electron chi connectivity index (χ1n) is 9.27. The van der Waals surface area contributed by atoms with Gasteiger partial charge in [0.2, 0.25) is 0 Å². The van der Waals surface area contributed by atoms with Gasteiger partial charge >= 0.3 is 5.97 Å². The number of fused-ring (bicyclic) bond motifs is 1. The van der Waals surface area contributed by atoms with E-state index in [4.69, 9.17) is 4.84 Å². The number of hydrogen-bond donors (Lipinski definition) is 0. The van der Waals surface area contributed by atoms with Gasteiger partial charge in [0, 0.05) is 34.8 Å². The Morgan fingerprint density at radius 3 is 2.25 bits per heavy atom. The van der Waals surface area contributed by atoms with Crippen LogP contribution in [0.2, 0.25) is 0 Å². The molecule has 3 aromatic carbocycles. The zero-order valence-corrected chi connectivity index (χ0v) is 15.6. The number of carbonyl (C=O) groups excluding carboxylic acids is 1. The van der Waals surface area contributed by atoms with Crippen molar-refractivity contribution in [2.75, 3.05) is 0 Å². The molecule has 0 spiro atoms. The van der Waals surface area contributed by atoms with E-state index < -0.39 is 0 Å². The molecule has 0 atom stereocenters. The summed E-state index contributed by atoms with van der Waals surface area (Å²) in [7, 11) is 0. The van der Waals surface area contributed by atoms with Crippen molar-refractivity contribution < 1.29 is 9.63 Å². The molecule has 28 heavy (non-hydrogen) atoms. The van der Waals surface area contributed by atoms with E-state index in [1.165, 1.54) is 0 Å². The third-order valence-electron chi connectivity index (χ3n) is 4.58. The molecule has 0 aliphatic heterocycles. The van der Waals surface area contributed by atoms with Crippen molar-refractivity contribution in [3.05, 3.63) is 102 Å². The molecule has 0 unspecified atom stereocenters. The Kier molecular flexibility index (Phi) is 5.02. The van der Waals surface area contributed by atoms with Crippen LogP contribution < -0.4 is 0 Å². The van der Waals surface area contributed by atoms with E-state index in [2.05, 4.69) is 34.0 Å². The molecule has 0 radical (unpaired) electrons. The molecule has 0 amide bonds. The summed E-state index contributed by atoms with van der Waals surface area (Å²) in [4.78, 5) is 16.9. The van der Waals surface area contributed by atoms with Crippen molar-refractivity contribution in [2.24, 2.45) is 5.16 Å². The molecule has 4 heteroatoms. The fourth-order valence-electron chi connectivity index (χ4n) is 3.19. The molecule has 0 N–H and O–H groups in total. The highest BCUT2D eigenvalue weighted by atomic mass is 16.7. The Balaban J connectivity index is 1.93. The van der Waals surface area contributed by atoms with Crippen LogP contribution in [0.15, 0.2) is 96.3 Å². The number of hydrogen-bond acceptors (Lipinski definition) is 3. The Hall–Kier alpha value is -3.66. The van der Waals surface area contributed by atoms with E-state index in [0.717, 1.165) is 27.7 Å². The number of para-hydroxylation sites is 2. The maximum atomic E-state index is 11.7. The number of aromatic nitrogens is 1. The molecule has 4 aromatic rings. The van der Waals surface area contributed by atoms with Crippen LogP contribution in [-0.4, -0.2) is 16.2 Å². The van der Waals surface area contributed by atoms with Crippen molar-refractivity contribution in [1.29, 1.82) is 0 Å². The summed E-state index contributed by atoms with van der Waals surface area (Å²) in [6.07, 6.45) is 2.32. The highest BCUT2D eigenvalue weighted by molar-refractivity contribution is 6.19. The van der Waals surface area contributed by atoms with E-state index in [9.17, 15) is 4.79 Å². The molecule has 1 aromatic heterocycles. The van der Waals surface area contributed by atoms with E-state index >= 15 is 0 Å². The van der Waals surface area contributed by atoms with Gasteiger partial charge in [0.25, 0.3) is 0 Å². The Bertz CT molecular complexity index is 1130. The Labute approximate surface area is 163 Å². The van der Waals surface area contributed by atoms with Crippen LogP contribution in [0.5, 0.6) is 0 Å². The van der Waals surface area contributed by atoms with Crippen LogP contribution >= 0.6 is 0 Å². The maximum absolute atomic E-state index is 11.7. The zero-order valence-electron chi connectivity index (χ0n) is 15.6. The second-order valence-corrected chi connectivity index (χ2v) is 6.39. The monoisotopic (exact) mass is 368 g/mol. The smallest absolute Gasteiger partial charge is 0.318 e. The van der Waals surface area contributed by atoms with Crippen LogP contribution in [0.25, 0.3) is 16.6 Å². The zero-order chi connectivity index (χ0) is 19.3. The molecule has 138 valence electrons. The average Bonchev–Trinajstić information content (AvgIpc) is 3.15. The van der Waals surface area contributed by atoms with Crippen LogP contribution in [0.1, 0.15) is 24.5 Å². The molecule has 1 heterocycles. The van der Waals surface area contributed by atoms with Gasteiger partial charge in [-0.25, -0.2) is 4.79 Å². The molecular formula is C24H20N2O2. The SMILES string of the molecule is CCC(=O)O/N=C(\c1ccccc1)c1cn(-c2ccccc2)c2ccccc12. The van der Waals surface area contributed by atoms with Gasteiger partial charge in [-0.15, -0.1) is 0 Å². The lowest BCUT2D eigenvalue weighted by molar-refractivity contribution is -0.143. The second-order valence-electron chi connectivity index (χ2n) is 6.39. The average molecular weight is 368 g/mol. The van der Waals surface area contributed by atoms with Gasteiger partial charge in [-0.2, -0.15) is 0 Å². The first-order chi connectivity index (χ1) is 13.8. The molecule has 0 aliphatic rings. The summed E-state index contributed by atoms with van der Waals surface area (Å²) < 4.78 is 2.13. The van der Waals surface area contributed by atoms with Gasteiger partial charge in [0.15, 0.2) is 0 Å². The minimum atomic E-state index is -0.361. The quantitative estimate of drug-likeness (QED) is 0.271. The summed E-state index contributed by atoms with van der Waals surface area (Å²) >= 11 is 0. The summed E-state index contributed by atoms with van der Waals surface area (Å²) in [5.41, 5.74) is 4.56. The van der Waals surface area contributed by atoms with Crippen LogP contribution in [0, 0.1) is 0 Å². The fourth-order valence-corrected chi connectivity index (χ4v) is 3.19. The van der Waals surface area contributed by atoms with Gasteiger partial charge in [-0.05, 0) is 18.2 Å². The van der Waals surface area contributed by atoms with Crippen molar-refractivity contribution >= 4 is 22.6 Å². The number of oxime groups is 1. The first kappa shape index (κ1) is 17.7. The van der Waals surface area contributed by atoms with Gasteiger partial charge in [-0.1, -0.05) is 78.8 Å². The maximum Gasteiger partial charge on any atom is 0.334 e. The molecular weight excluding hydrogens is 348 g/mol. The van der Waals surface area contributed by atoms with E-state index in [1.807, 2.05) is 66.9 Å². The van der Waals surface area contributed by atoms with Crippen molar-refractivity contribution in [2.45, 2.75) is 13.3 Å². The molecule has 0 saturated carbocycles. The molecule has 0 saturated heterocycles. The van der Waals surface area contributed by atoms with Crippen molar-refractivity contribution in [3.8, 4) is 5.69 Å². The molecule has 0 bridgehead atoms. The van der Waals surface area contributed by atoms with Gasteiger partial charge < -0.3 is 9.40 Å². The predicted octanol–water partition coefficient (Wildman–Crippen LogP) is 5.34. The first-order valence-corrected chi connectivity index (χ1v) is 9.27. The summed E-state index contributed by atoms with van der Waals surface area (Å²) in [5.74, 6) is -0.361. The largest absolute Gasteiger partial charge is 0.334 e. The van der Waals surface area contributed by atoms with E-state index in [0.29, 0.717) is 5.71 Å². The number of carbonyl (C=O) groups is 1. The summed E-state index contributed by atoms with van der Waals surface area (Å²) in [5, 5.41) is 5.29. The second kappa shape index (κ2) is 7.92.